The molecule has 0 radical (unpaired) electrons. The van der Waals surface area contributed by atoms with E-state index in [1.165, 1.54) is 0 Å². The van der Waals surface area contributed by atoms with E-state index in [1.54, 1.807) is 23.2 Å². The molecule has 0 bridgehead atoms. The number of carbonyl (C=O) groups is 1. The molecule has 0 fully saturated rings. The van der Waals surface area contributed by atoms with Crippen LogP contribution in [-0.2, 0) is 21.3 Å². The van der Waals surface area contributed by atoms with Crippen molar-refractivity contribution in [3.63, 3.8) is 0 Å². The Hall–Kier alpha value is -4.05. The van der Waals surface area contributed by atoms with Crippen molar-refractivity contribution in [1.29, 1.82) is 0 Å². The van der Waals surface area contributed by atoms with Crippen LogP contribution in [0.2, 0.25) is 5.02 Å². The number of rotatable bonds is 16. The van der Waals surface area contributed by atoms with E-state index < -0.39 is 10.1 Å². The predicted molar refractivity (Wildman–Crippen MR) is 185 cm³/mol. The number of amides is 1. The monoisotopic (exact) mass is 659 g/mol. The van der Waals surface area contributed by atoms with Gasteiger partial charge >= 0.3 is 0 Å². The lowest BCUT2D eigenvalue weighted by Crippen LogP contribution is -2.36. The van der Waals surface area contributed by atoms with E-state index in [2.05, 4.69) is 0 Å². The first-order valence-corrected chi connectivity index (χ1v) is 17.7. The standard InChI is InChI=1S/C36H38ClN3O5S/c37-30-23-28(19-20-34(30)45-21-13-5-3-1-2-4-6-14-22-46(42,43)44)25-32-36(41)40-26-33(29-17-11-8-12-18-29)38-31(35(40)39-32)24-27-15-9-7-10-16-27/h7-12,15-20,23,25-26H,1-6,13-14,21-22,24H2,(H,42,43,44)/b32-25-. The van der Waals surface area contributed by atoms with Gasteiger partial charge in [0.05, 0.1) is 28.8 Å². The van der Waals surface area contributed by atoms with Crippen LogP contribution < -0.4 is 4.74 Å². The molecule has 2 aliphatic rings. The normalized spacial score (nSPS) is 15.4. The summed E-state index contributed by atoms with van der Waals surface area (Å²) < 4.78 is 36.2. The van der Waals surface area contributed by atoms with Crippen LogP contribution in [0.5, 0.6) is 5.75 Å². The second kappa shape index (κ2) is 16.0. The molecule has 2 heterocycles. The van der Waals surface area contributed by atoms with E-state index >= 15 is 0 Å². The van der Waals surface area contributed by atoms with Gasteiger partial charge in [-0.2, -0.15) is 8.42 Å². The average molecular weight is 660 g/mol. The number of amidine groups is 1. The van der Waals surface area contributed by atoms with E-state index in [9.17, 15) is 13.2 Å². The molecule has 0 atom stereocenters. The minimum Gasteiger partial charge on any atom is -0.492 e. The fourth-order valence-electron chi connectivity index (χ4n) is 5.37. The average Bonchev–Trinajstić information content (AvgIpc) is 3.36. The zero-order chi connectivity index (χ0) is 32.4. The van der Waals surface area contributed by atoms with Gasteiger partial charge in [-0.3, -0.25) is 14.2 Å². The summed E-state index contributed by atoms with van der Waals surface area (Å²) >= 11 is 6.56. The first kappa shape index (κ1) is 33.3. The third-order valence-electron chi connectivity index (χ3n) is 7.75. The summed E-state index contributed by atoms with van der Waals surface area (Å²) in [4.78, 5) is 24.8. The van der Waals surface area contributed by atoms with E-state index in [1.807, 2.05) is 72.8 Å². The molecule has 3 aromatic rings. The van der Waals surface area contributed by atoms with Crippen molar-refractivity contribution in [2.75, 3.05) is 12.4 Å². The first-order chi connectivity index (χ1) is 22.3. The fourth-order valence-corrected chi connectivity index (χ4v) is 6.18. The molecule has 1 amide bonds. The van der Waals surface area contributed by atoms with Crippen molar-refractivity contribution < 1.29 is 22.5 Å². The Morgan fingerprint density at radius 3 is 2.15 bits per heavy atom. The molecule has 46 heavy (non-hydrogen) atoms. The molecule has 2 aliphatic heterocycles. The number of halogens is 1. The van der Waals surface area contributed by atoms with Gasteiger partial charge in [-0.25, -0.2) is 9.98 Å². The van der Waals surface area contributed by atoms with Gasteiger partial charge in [0.2, 0.25) is 0 Å². The largest absolute Gasteiger partial charge is 0.492 e. The number of carbonyl (C=O) groups excluding carboxylic acids is 1. The summed E-state index contributed by atoms with van der Waals surface area (Å²) in [5.41, 5.74) is 4.49. The molecule has 5 rings (SSSR count). The van der Waals surface area contributed by atoms with Crippen molar-refractivity contribution in [2.45, 2.75) is 57.8 Å². The highest BCUT2D eigenvalue weighted by atomic mass is 35.5. The Balaban J connectivity index is 1.17. The summed E-state index contributed by atoms with van der Waals surface area (Å²) in [5.74, 6) is 0.744. The van der Waals surface area contributed by atoms with Crippen LogP contribution in [0.25, 0.3) is 11.8 Å². The molecule has 0 spiro atoms. The minimum atomic E-state index is -3.85. The Morgan fingerprint density at radius 1 is 0.826 bits per heavy atom. The molecule has 0 aliphatic carbocycles. The Kier molecular flexibility index (Phi) is 11.6. The smallest absolute Gasteiger partial charge is 0.282 e. The lowest BCUT2D eigenvalue weighted by molar-refractivity contribution is -0.120. The van der Waals surface area contributed by atoms with Crippen LogP contribution in [0.15, 0.2) is 101 Å². The highest BCUT2D eigenvalue weighted by Crippen LogP contribution is 2.31. The minimum absolute atomic E-state index is 0.157. The fraction of sp³-hybridized carbons (Fsp3) is 0.306. The van der Waals surface area contributed by atoms with E-state index in [0.717, 1.165) is 67.3 Å². The molecule has 1 N–H and O–H groups in total. The van der Waals surface area contributed by atoms with E-state index in [4.69, 9.17) is 30.9 Å². The van der Waals surface area contributed by atoms with Crippen molar-refractivity contribution in [3.05, 3.63) is 112 Å². The number of aliphatic imine (C=N–C) groups is 2. The zero-order valence-corrected chi connectivity index (χ0v) is 27.2. The molecule has 0 unspecified atom stereocenters. The number of hydrogen-bond donors (Lipinski definition) is 1. The Bertz CT molecular complexity index is 1750. The van der Waals surface area contributed by atoms with Crippen LogP contribution in [0.1, 0.15) is 68.1 Å². The van der Waals surface area contributed by atoms with Crippen LogP contribution >= 0.6 is 11.6 Å². The van der Waals surface area contributed by atoms with Crippen molar-refractivity contribution in [2.24, 2.45) is 9.98 Å². The molecule has 0 saturated heterocycles. The summed E-state index contributed by atoms with van der Waals surface area (Å²) in [7, 11) is -3.85. The molecule has 3 aromatic carbocycles. The second-order valence-electron chi connectivity index (χ2n) is 11.4. The zero-order valence-electron chi connectivity index (χ0n) is 25.6. The van der Waals surface area contributed by atoms with Gasteiger partial charge in [0.25, 0.3) is 16.0 Å². The molecule has 240 valence electrons. The molecular weight excluding hydrogens is 622 g/mol. The maximum absolute atomic E-state index is 13.6. The Morgan fingerprint density at radius 2 is 1.48 bits per heavy atom. The summed E-state index contributed by atoms with van der Waals surface area (Å²) in [5, 5.41) is 0.465. The van der Waals surface area contributed by atoms with Gasteiger partial charge in [0, 0.05) is 18.2 Å². The van der Waals surface area contributed by atoms with E-state index in [0.29, 0.717) is 47.5 Å². The van der Waals surface area contributed by atoms with Crippen LogP contribution in [0, 0.1) is 0 Å². The Labute approximate surface area is 275 Å². The number of ether oxygens (including phenoxy) is 1. The van der Waals surface area contributed by atoms with E-state index in [-0.39, 0.29) is 11.7 Å². The quantitative estimate of drug-likeness (QED) is 0.0952. The topological polar surface area (TPSA) is 109 Å². The SMILES string of the molecule is O=C1/C(=C/c2ccc(OCCCCCCCCCCS(=O)(=O)O)c(Cl)c2)N=C2C(Cc3ccccc3)=NC(c3ccccc3)=CN12. The van der Waals surface area contributed by atoms with Crippen LogP contribution in [0.3, 0.4) is 0 Å². The number of hydrogen-bond acceptors (Lipinski definition) is 6. The summed E-state index contributed by atoms with van der Waals surface area (Å²) in [6, 6.07) is 25.3. The summed E-state index contributed by atoms with van der Waals surface area (Å²) in [6.07, 6.45) is 11.5. The molecule has 8 nitrogen and oxygen atoms in total. The second-order valence-corrected chi connectivity index (χ2v) is 13.4. The van der Waals surface area contributed by atoms with Crippen LogP contribution in [-0.4, -0.2) is 47.7 Å². The maximum Gasteiger partial charge on any atom is 0.282 e. The number of fused-ring (bicyclic) bond motifs is 1. The summed E-state index contributed by atoms with van der Waals surface area (Å²) in [6.45, 7) is 0.551. The highest BCUT2D eigenvalue weighted by molar-refractivity contribution is 7.85. The molecule has 0 aromatic heterocycles. The third-order valence-corrected chi connectivity index (χ3v) is 8.85. The van der Waals surface area contributed by atoms with Gasteiger partial charge in [-0.05, 0) is 42.2 Å². The van der Waals surface area contributed by atoms with Crippen LogP contribution in [0.4, 0.5) is 0 Å². The van der Waals surface area contributed by atoms with Crippen molar-refractivity contribution in [1.82, 2.24) is 4.90 Å². The van der Waals surface area contributed by atoms with Gasteiger partial charge in [0.1, 0.15) is 11.4 Å². The lowest BCUT2D eigenvalue weighted by atomic mass is 10.1. The van der Waals surface area contributed by atoms with Gasteiger partial charge in [-0.15, -0.1) is 0 Å². The third kappa shape index (κ3) is 9.48. The van der Waals surface area contributed by atoms with Gasteiger partial charge in [-0.1, -0.05) is 117 Å². The molecule has 0 saturated carbocycles. The molecular formula is C36H38ClN3O5S. The van der Waals surface area contributed by atoms with Crippen molar-refractivity contribution >= 4 is 50.9 Å². The van der Waals surface area contributed by atoms with Gasteiger partial charge < -0.3 is 4.74 Å². The number of unbranched alkanes of at least 4 members (excludes halogenated alkanes) is 7. The van der Waals surface area contributed by atoms with Gasteiger partial charge in [0.15, 0.2) is 5.84 Å². The van der Waals surface area contributed by atoms with Crippen molar-refractivity contribution in [3.8, 4) is 5.75 Å². The highest BCUT2D eigenvalue weighted by Gasteiger charge is 2.35. The maximum atomic E-state index is 13.6. The molecule has 10 heteroatoms. The number of benzene rings is 3. The first-order valence-electron chi connectivity index (χ1n) is 15.7. The lowest BCUT2D eigenvalue weighted by Gasteiger charge is -2.21. The predicted octanol–water partition coefficient (Wildman–Crippen LogP) is 8.00. The number of nitrogens with zero attached hydrogens (tertiary/aromatic N) is 3.